The van der Waals surface area contributed by atoms with Crippen molar-refractivity contribution in [2.45, 2.75) is 37.4 Å². The van der Waals surface area contributed by atoms with Crippen molar-refractivity contribution < 1.29 is 23.2 Å². The van der Waals surface area contributed by atoms with Crippen molar-refractivity contribution in [1.29, 1.82) is 0 Å². The summed E-state index contributed by atoms with van der Waals surface area (Å²) < 4.78 is 32.6. The van der Waals surface area contributed by atoms with Crippen LogP contribution in [0.3, 0.4) is 0 Å². The Bertz CT molecular complexity index is 929. The van der Waals surface area contributed by atoms with E-state index in [2.05, 4.69) is 17.7 Å². The van der Waals surface area contributed by atoms with Gasteiger partial charge in [-0.25, -0.2) is 13.9 Å². The Morgan fingerprint density at radius 3 is 2.33 bits per heavy atom. The van der Waals surface area contributed by atoms with Crippen molar-refractivity contribution in [3.8, 4) is 18.1 Å². The molecule has 1 amide bonds. The minimum Gasteiger partial charge on any atom is -0.494 e. The summed E-state index contributed by atoms with van der Waals surface area (Å²) in [6, 6.07) is 7.82. The van der Waals surface area contributed by atoms with Crippen molar-refractivity contribution in [2.75, 3.05) is 57.3 Å². The summed E-state index contributed by atoms with van der Waals surface area (Å²) in [5.74, 6) is 2.50. The minimum atomic E-state index is -3.99. The predicted octanol–water partition coefficient (Wildman–Crippen LogP) is 1.29. The van der Waals surface area contributed by atoms with E-state index in [0.717, 1.165) is 24.3 Å². The van der Waals surface area contributed by atoms with Crippen molar-refractivity contribution in [3.63, 3.8) is 0 Å². The molecule has 0 spiro atoms. The summed E-state index contributed by atoms with van der Waals surface area (Å²) in [4.78, 5) is 16.7. The first-order chi connectivity index (χ1) is 15.9. The van der Waals surface area contributed by atoms with Crippen LogP contribution >= 0.6 is 0 Å². The number of likely N-dealkylation sites (tertiary alicyclic amines) is 1. The molecule has 182 valence electrons. The topological polar surface area (TPSA) is 102 Å². The number of anilines is 1. The lowest BCUT2D eigenvalue weighted by Gasteiger charge is -2.43. The lowest BCUT2D eigenvalue weighted by Crippen LogP contribution is -2.63. The number of nitrogens with one attached hydrogen (secondary N) is 1. The molecular weight excluding hydrogens is 444 g/mol. The number of terminal acetylenes is 1. The number of rotatable bonds is 9. The Balaban J connectivity index is 1.65. The Kier molecular flexibility index (Phi) is 8.59. The number of benzene rings is 1. The van der Waals surface area contributed by atoms with E-state index in [0.29, 0.717) is 39.3 Å². The highest BCUT2D eigenvalue weighted by Gasteiger charge is 2.55. The van der Waals surface area contributed by atoms with Crippen molar-refractivity contribution >= 4 is 21.6 Å². The Morgan fingerprint density at radius 2 is 1.79 bits per heavy atom. The van der Waals surface area contributed by atoms with Gasteiger partial charge in [-0.2, -0.15) is 4.31 Å². The van der Waals surface area contributed by atoms with Gasteiger partial charge in [0, 0.05) is 45.0 Å². The zero-order chi connectivity index (χ0) is 23.9. The molecule has 3 rings (SSSR count). The number of carbonyl (C=O) groups excluding carboxylic acids is 1. The highest BCUT2D eigenvalue weighted by Crippen LogP contribution is 2.34. The maximum absolute atomic E-state index is 13.6. The number of hydrogen-bond donors (Lipinski definition) is 2. The van der Waals surface area contributed by atoms with E-state index in [-0.39, 0.29) is 25.9 Å². The van der Waals surface area contributed by atoms with Crippen LogP contribution in [0.25, 0.3) is 0 Å². The van der Waals surface area contributed by atoms with E-state index in [1.54, 1.807) is 5.48 Å². The van der Waals surface area contributed by atoms with Gasteiger partial charge in [0.05, 0.1) is 13.2 Å². The van der Waals surface area contributed by atoms with E-state index in [9.17, 15) is 18.4 Å². The van der Waals surface area contributed by atoms with Gasteiger partial charge in [0.1, 0.15) is 5.75 Å². The molecule has 1 aromatic carbocycles. The van der Waals surface area contributed by atoms with Crippen LogP contribution in [0.1, 0.15) is 32.6 Å². The SMILES string of the molecule is C#CCN1CCC(C(=O)NO)(S(=O)(=O)N2CCN(c3ccc(OCCCC)cc3)CC2)CC1. The smallest absolute Gasteiger partial charge is 0.266 e. The monoisotopic (exact) mass is 478 g/mol. The lowest BCUT2D eigenvalue weighted by atomic mass is 9.95. The number of ether oxygens (including phenoxy) is 1. The molecule has 0 aliphatic carbocycles. The number of sulfonamides is 1. The van der Waals surface area contributed by atoms with Gasteiger partial charge in [-0.05, 0) is 43.5 Å². The molecule has 0 saturated carbocycles. The van der Waals surface area contributed by atoms with E-state index in [1.807, 2.05) is 29.2 Å². The molecule has 1 aromatic rings. The van der Waals surface area contributed by atoms with Crippen LogP contribution in [0, 0.1) is 12.3 Å². The number of nitrogens with zero attached hydrogens (tertiary/aromatic N) is 3. The summed E-state index contributed by atoms with van der Waals surface area (Å²) in [7, 11) is -3.99. The van der Waals surface area contributed by atoms with Crippen LogP contribution in [0.4, 0.5) is 5.69 Å². The quantitative estimate of drug-likeness (QED) is 0.239. The summed E-state index contributed by atoms with van der Waals surface area (Å²) >= 11 is 0. The second kappa shape index (κ2) is 11.2. The second-order valence-corrected chi connectivity index (χ2v) is 10.8. The molecule has 10 heteroatoms. The van der Waals surface area contributed by atoms with Gasteiger partial charge in [0.25, 0.3) is 5.91 Å². The third-order valence-corrected chi connectivity index (χ3v) is 9.16. The second-order valence-electron chi connectivity index (χ2n) is 8.50. The number of piperazine rings is 1. The standard InChI is InChI=1S/C23H34N4O5S/c1-3-5-19-32-21-8-6-20(7-9-21)26-15-17-27(18-16-26)33(30,31)23(22(28)24-29)10-13-25(12-4-2)14-11-23/h2,6-9,29H,3,5,10-19H2,1H3,(H,24,28). The van der Waals surface area contributed by atoms with Crippen molar-refractivity contribution in [2.24, 2.45) is 0 Å². The molecule has 2 fully saturated rings. The highest BCUT2D eigenvalue weighted by atomic mass is 32.2. The summed E-state index contributed by atoms with van der Waals surface area (Å²) in [5, 5.41) is 9.32. The minimum absolute atomic E-state index is 0.0864. The van der Waals surface area contributed by atoms with E-state index in [1.165, 1.54) is 4.31 Å². The fourth-order valence-corrected chi connectivity index (χ4v) is 6.54. The lowest BCUT2D eigenvalue weighted by molar-refractivity contribution is -0.133. The maximum Gasteiger partial charge on any atom is 0.266 e. The molecule has 0 unspecified atom stereocenters. The van der Waals surface area contributed by atoms with Crippen LogP contribution < -0.4 is 15.1 Å². The molecule has 2 N–H and O–H groups in total. The number of carbonyl (C=O) groups is 1. The molecule has 2 aliphatic rings. The van der Waals surface area contributed by atoms with Crippen LogP contribution in [0.15, 0.2) is 24.3 Å². The Hall–Kier alpha value is -2.32. The third-order valence-electron chi connectivity index (χ3n) is 6.53. The fourth-order valence-electron chi connectivity index (χ4n) is 4.43. The molecule has 2 saturated heterocycles. The number of hydroxylamine groups is 1. The van der Waals surface area contributed by atoms with Gasteiger partial charge in [0.15, 0.2) is 4.75 Å². The largest absolute Gasteiger partial charge is 0.494 e. The van der Waals surface area contributed by atoms with Gasteiger partial charge in [-0.1, -0.05) is 19.3 Å². The van der Waals surface area contributed by atoms with E-state index >= 15 is 0 Å². The molecule has 9 nitrogen and oxygen atoms in total. The Labute approximate surface area is 196 Å². The average Bonchev–Trinajstić information content (AvgIpc) is 2.85. The molecule has 0 aromatic heterocycles. The maximum atomic E-state index is 13.6. The predicted molar refractivity (Wildman–Crippen MR) is 127 cm³/mol. The first-order valence-corrected chi connectivity index (χ1v) is 12.9. The molecule has 0 atom stereocenters. The van der Waals surface area contributed by atoms with E-state index in [4.69, 9.17) is 11.2 Å². The third kappa shape index (κ3) is 5.44. The highest BCUT2D eigenvalue weighted by molar-refractivity contribution is 7.91. The van der Waals surface area contributed by atoms with Crippen molar-refractivity contribution in [1.82, 2.24) is 14.7 Å². The molecule has 0 radical (unpaired) electrons. The van der Waals surface area contributed by atoms with Crippen LogP contribution in [0.5, 0.6) is 5.75 Å². The van der Waals surface area contributed by atoms with Crippen LogP contribution in [-0.4, -0.2) is 85.9 Å². The molecule has 33 heavy (non-hydrogen) atoms. The first kappa shape index (κ1) is 25.3. The Morgan fingerprint density at radius 1 is 1.15 bits per heavy atom. The summed E-state index contributed by atoms with van der Waals surface area (Å²) in [5.41, 5.74) is 2.60. The number of amides is 1. The molecular formula is C23H34N4O5S. The van der Waals surface area contributed by atoms with Gasteiger partial charge >= 0.3 is 0 Å². The average molecular weight is 479 g/mol. The number of unbranched alkanes of at least 4 members (excludes halogenated alkanes) is 1. The fraction of sp³-hybridized carbons (Fsp3) is 0.609. The normalized spacial score (nSPS) is 19.6. The first-order valence-electron chi connectivity index (χ1n) is 11.5. The van der Waals surface area contributed by atoms with Gasteiger partial charge in [-0.15, -0.1) is 6.42 Å². The molecule has 2 heterocycles. The number of piperidine rings is 1. The number of hydrogen-bond acceptors (Lipinski definition) is 7. The van der Waals surface area contributed by atoms with Crippen LogP contribution in [-0.2, 0) is 14.8 Å². The van der Waals surface area contributed by atoms with Gasteiger partial charge < -0.3 is 9.64 Å². The van der Waals surface area contributed by atoms with Crippen LogP contribution in [0.2, 0.25) is 0 Å². The molecule has 2 aliphatic heterocycles. The molecule has 0 bridgehead atoms. The van der Waals surface area contributed by atoms with E-state index < -0.39 is 20.7 Å². The summed E-state index contributed by atoms with van der Waals surface area (Å²) in [6.45, 7) is 5.52. The van der Waals surface area contributed by atoms with Gasteiger partial charge in [-0.3, -0.25) is 14.9 Å². The van der Waals surface area contributed by atoms with Crippen molar-refractivity contribution in [3.05, 3.63) is 24.3 Å². The summed E-state index contributed by atoms with van der Waals surface area (Å²) in [6.07, 6.45) is 7.62. The van der Waals surface area contributed by atoms with Gasteiger partial charge in [0.2, 0.25) is 10.0 Å². The zero-order valence-electron chi connectivity index (χ0n) is 19.2. The zero-order valence-corrected chi connectivity index (χ0v) is 20.0.